The first kappa shape index (κ1) is 17.9. The Hall–Kier alpha value is -2.94. The molecule has 2 N–H and O–H groups in total. The van der Waals surface area contributed by atoms with Gasteiger partial charge in [-0.25, -0.2) is 0 Å². The van der Waals surface area contributed by atoms with Gasteiger partial charge in [-0.1, -0.05) is 6.07 Å². The number of benzene rings is 1. The summed E-state index contributed by atoms with van der Waals surface area (Å²) in [5, 5.41) is 13.7. The van der Waals surface area contributed by atoms with Crippen LogP contribution in [0.25, 0.3) is 0 Å². The fourth-order valence-electron chi connectivity index (χ4n) is 2.33. The zero-order valence-corrected chi connectivity index (χ0v) is 15.8. The summed E-state index contributed by atoms with van der Waals surface area (Å²) in [4.78, 5) is 24.4. The van der Waals surface area contributed by atoms with E-state index < -0.39 is 0 Å². The smallest absolute Gasteiger partial charge is 0.276 e. The third-order valence-corrected chi connectivity index (χ3v) is 4.47. The van der Waals surface area contributed by atoms with Crippen LogP contribution in [0.5, 0.6) is 0 Å². The van der Waals surface area contributed by atoms with Crippen molar-refractivity contribution in [3.8, 4) is 0 Å². The molecule has 8 nitrogen and oxygen atoms in total. The molecule has 2 aromatic heterocycles. The summed E-state index contributed by atoms with van der Waals surface area (Å²) in [6.45, 7) is 1.97. The van der Waals surface area contributed by atoms with Gasteiger partial charge in [0, 0.05) is 24.6 Å². The molecule has 0 radical (unpaired) electrons. The maximum absolute atomic E-state index is 12.2. The average molecular weight is 417 g/mol. The number of aromatic nitrogens is 4. The van der Waals surface area contributed by atoms with Crippen LogP contribution in [0, 0.1) is 6.92 Å². The fourth-order valence-corrected chi connectivity index (χ4v) is 2.62. The molecule has 0 aliphatic rings. The van der Waals surface area contributed by atoms with E-state index in [1.165, 1.54) is 0 Å². The second-order valence-electron chi connectivity index (χ2n) is 5.69. The van der Waals surface area contributed by atoms with Crippen molar-refractivity contribution in [2.75, 3.05) is 10.6 Å². The van der Waals surface area contributed by atoms with Crippen LogP contribution in [0.1, 0.15) is 16.2 Å². The SMILES string of the molecule is Cc1c(Br)cnn1CC(=O)Nc1cccc(NC(=O)c2ccn(C)n2)c1. The highest BCUT2D eigenvalue weighted by atomic mass is 79.9. The summed E-state index contributed by atoms with van der Waals surface area (Å²) in [6.07, 6.45) is 3.34. The second-order valence-corrected chi connectivity index (χ2v) is 6.55. The Morgan fingerprint density at radius 1 is 1.19 bits per heavy atom. The van der Waals surface area contributed by atoms with Crippen molar-refractivity contribution in [3.63, 3.8) is 0 Å². The van der Waals surface area contributed by atoms with E-state index in [-0.39, 0.29) is 18.4 Å². The molecule has 0 fully saturated rings. The van der Waals surface area contributed by atoms with E-state index in [2.05, 4.69) is 36.8 Å². The topological polar surface area (TPSA) is 93.8 Å². The first-order chi connectivity index (χ1) is 12.4. The maximum atomic E-state index is 12.2. The molecule has 0 atom stereocenters. The fraction of sp³-hybridized carbons (Fsp3) is 0.176. The van der Waals surface area contributed by atoms with Gasteiger partial charge >= 0.3 is 0 Å². The van der Waals surface area contributed by atoms with Gasteiger partial charge in [-0.05, 0) is 47.1 Å². The molecule has 0 aliphatic carbocycles. The Bertz CT molecular complexity index is 962. The van der Waals surface area contributed by atoms with Crippen LogP contribution >= 0.6 is 15.9 Å². The number of halogens is 1. The van der Waals surface area contributed by atoms with Crippen molar-refractivity contribution in [1.29, 1.82) is 0 Å². The van der Waals surface area contributed by atoms with Crippen LogP contribution in [0.3, 0.4) is 0 Å². The van der Waals surface area contributed by atoms with E-state index in [0.29, 0.717) is 17.1 Å². The Morgan fingerprint density at radius 2 is 1.92 bits per heavy atom. The number of hydrogen-bond acceptors (Lipinski definition) is 4. The van der Waals surface area contributed by atoms with E-state index in [1.54, 1.807) is 59.1 Å². The lowest BCUT2D eigenvalue weighted by Gasteiger charge is -2.09. The van der Waals surface area contributed by atoms with Gasteiger partial charge in [0.1, 0.15) is 6.54 Å². The molecule has 0 saturated carbocycles. The minimum absolute atomic E-state index is 0.0992. The Kier molecular flexibility index (Phi) is 5.17. The van der Waals surface area contributed by atoms with E-state index in [1.807, 2.05) is 6.92 Å². The van der Waals surface area contributed by atoms with Crippen molar-refractivity contribution in [2.24, 2.45) is 7.05 Å². The minimum Gasteiger partial charge on any atom is -0.324 e. The third-order valence-electron chi connectivity index (χ3n) is 3.69. The Balaban J connectivity index is 1.64. The zero-order valence-electron chi connectivity index (χ0n) is 14.2. The molecule has 134 valence electrons. The highest BCUT2D eigenvalue weighted by Gasteiger charge is 2.11. The predicted octanol–water partition coefficient (Wildman–Crippen LogP) is 2.58. The van der Waals surface area contributed by atoms with Gasteiger partial charge in [0.15, 0.2) is 5.69 Å². The summed E-state index contributed by atoms with van der Waals surface area (Å²) >= 11 is 3.36. The molecule has 3 aromatic rings. The van der Waals surface area contributed by atoms with Crippen molar-refractivity contribution in [3.05, 3.63) is 58.6 Å². The Morgan fingerprint density at radius 3 is 2.54 bits per heavy atom. The largest absolute Gasteiger partial charge is 0.324 e. The number of amides is 2. The third kappa shape index (κ3) is 4.17. The van der Waals surface area contributed by atoms with Crippen LogP contribution in [-0.4, -0.2) is 31.4 Å². The second kappa shape index (κ2) is 7.52. The molecule has 9 heteroatoms. The lowest BCUT2D eigenvalue weighted by Crippen LogP contribution is -2.20. The number of carbonyl (C=O) groups excluding carboxylic acids is 2. The van der Waals surface area contributed by atoms with Gasteiger partial charge in [-0.15, -0.1) is 0 Å². The van der Waals surface area contributed by atoms with Gasteiger partial charge < -0.3 is 10.6 Å². The van der Waals surface area contributed by atoms with Crippen molar-refractivity contribution in [2.45, 2.75) is 13.5 Å². The van der Waals surface area contributed by atoms with Crippen LogP contribution in [0.2, 0.25) is 0 Å². The van der Waals surface area contributed by atoms with Gasteiger partial charge in [-0.2, -0.15) is 10.2 Å². The molecule has 1 aromatic carbocycles. The molecule has 0 aliphatic heterocycles. The van der Waals surface area contributed by atoms with Crippen molar-refractivity contribution < 1.29 is 9.59 Å². The molecule has 26 heavy (non-hydrogen) atoms. The van der Waals surface area contributed by atoms with Crippen LogP contribution in [-0.2, 0) is 18.4 Å². The summed E-state index contributed by atoms with van der Waals surface area (Å²) in [7, 11) is 1.74. The van der Waals surface area contributed by atoms with E-state index in [9.17, 15) is 9.59 Å². The number of carbonyl (C=O) groups is 2. The molecule has 0 bridgehead atoms. The maximum Gasteiger partial charge on any atom is 0.276 e. The number of aryl methyl sites for hydroxylation is 1. The highest BCUT2D eigenvalue weighted by molar-refractivity contribution is 9.10. The summed E-state index contributed by atoms with van der Waals surface area (Å²) < 4.78 is 4.01. The van der Waals surface area contributed by atoms with Crippen molar-refractivity contribution >= 4 is 39.1 Å². The first-order valence-electron chi connectivity index (χ1n) is 7.81. The number of nitrogens with one attached hydrogen (secondary N) is 2. The molecule has 3 rings (SSSR count). The normalized spacial score (nSPS) is 10.6. The molecular formula is C17H17BrN6O2. The molecule has 0 spiro atoms. The van der Waals surface area contributed by atoms with E-state index >= 15 is 0 Å². The summed E-state index contributed by atoms with van der Waals surface area (Å²) in [5.74, 6) is -0.525. The molecule has 0 saturated heterocycles. The number of rotatable bonds is 5. The van der Waals surface area contributed by atoms with Crippen LogP contribution < -0.4 is 10.6 Å². The lowest BCUT2D eigenvalue weighted by molar-refractivity contribution is -0.116. The molecular weight excluding hydrogens is 400 g/mol. The van der Waals surface area contributed by atoms with Gasteiger partial charge in [0.05, 0.1) is 16.4 Å². The molecule has 0 unspecified atom stereocenters. The van der Waals surface area contributed by atoms with Gasteiger partial charge in [0.25, 0.3) is 5.91 Å². The first-order valence-corrected chi connectivity index (χ1v) is 8.60. The van der Waals surface area contributed by atoms with Gasteiger partial charge in [0.2, 0.25) is 5.91 Å². The standard InChI is InChI=1S/C17H17BrN6O2/c1-11-14(18)9-19-24(11)10-16(25)20-12-4-3-5-13(8-12)21-17(26)15-6-7-23(2)22-15/h3-9H,10H2,1-2H3,(H,20,25)(H,21,26). The average Bonchev–Trinajstić information content (AvgIpc) is 3.16. The van der Waals surface area contributed by atoms with E-state index in [0.717, 1.165) is 10.2 Å². The predicted molar refractivity (Wildman–Crippen MR) is 101 cm³/mol. The number of hydrogen-bond donors (Lipinski definition) is 2. The molecule has 2 heterocycles. The number of anilines is 2. The van der Waals surface area contributed by atoms with Crippen LogP contribution in [0.15, 0.2) is 47.2 Å². The quantitative estimate of drug-likeness (QED) is 0.668. The van der Waals surface area contributed by atoms with E-state index in [4.69, 9.17) is 0 Å². The van der Waals surface area contributed by atoms with Crippen LogP contribution in [0.4, 0.5) is 11.4 Å². The summed E-state index contributed by atoms with van der Waals surface area (Å²) in [5.41, 5.74) is 2.34. The monoisotopic (exact) mass is 416 g/mol. The minimum atomic E-state index is -0.314. The number of nitrogens with zero attached hydrogens (tertiary/aromatic N) is 4. The molecule has 2 amide bonds. The van der Waals surface area contributed by atoms with Gasteiger partial charge in [-0.3, -0.25) is 19.0 Å². The zero-order chi connectivity index (χ0) is 18.7. The highest BCUT2D eigenvalue weighted by Crippen LogP contribution is 2.17. The lowest BCUT2D eigenvalue weighted by atomic mass is 10.2. The Labute approximate surface area is 158 Å². The summed E-state index contributed by atoms with van der Waals surface area (Å²) in [6, 6.07) is 8.56. The van der Waals surface area contributed by atoms with Crippen molar-refractivity contribution in [1.82, 2.24) is 19.6 Å².